The van der Waals surface area contributed by atoms with Crippen LogP contribution in [0.2, 0.25) is 0 Å². The van der Waals surface area contributed by atoms with E-state index in [4.69, 9.17) is 4.74 Å². The van der Waals surface area contributed by atoms with E-state index in [1.165, 1.54) is 0 Å². The standard InChI is InChI=1S/C13H21N3O4/c1-3-13(19)7-16(8-13)6-10-9(11(17)20-4-2)5-14-12(18)15-10/h19H,3-8H2,1-2H3,(H2,14,15,18). The van der Waals surface area contributed by atoms with E-state index < -0.39 is 11.6 Å². The van der Waals surface area contributed by atoms with Gasteiger partial charge in [-0.3, -0.25) is 4.90 Å². The van der Waals surface area contributed by atoms with Crippen LogP contribution in [-0.4, -0.2) is 60.4 Å². The number of nitrogens with zero attached hydrogens (tertiary/aromatic N) is 1. The van der Waals surface area contributed by atoms with Crippen molar-refractivity contribution >= 4 is 12.0 Å². The fraction of sp³-hybridized carbons (Fsp3) is 0.692. The van der Waals surface area contributed by atoms with Crippen molar-refractivity contribution in [2.45, 2.75) is 25.9 Å². The summed E-state index contributed by atoms with van der Waals surface area (Å²) in [7, 11) is 0. The molecule has 0 aromatic rings. The van der Waals surface area contributed by atoms with Crippen molar-refractivity contribution < 1.29 is 19.4 Å². The van der Waals surface area contributed by atoms with Crippen molar-refractivity contribution in [3.05, 3.63) is 11.3 Å². The highest BCUT2D eigenvalue weighted by Crippen LogP contribution is 2.25. The molecule has 2 amide bonds. The molecule has 2 aliphatic rings. The van der Waals surface area contributed by atoms with Gasteiger partial charge in [0.05, 0.1) is 24.3 Å². The first-order valence-corrected chi connectivity index (χ1v) is 6.86. The zero-order chi connectivity index (χ0) is 14.8. The second-order valence-corrected chi connectivity index (χ2v) is 5.21. The Labute approximate surface area is 118 Å². The van der Waals surface area contributed by atoms with E-state index in [0.717, 1.165) is 0 Å². The number of hydrogen-bond donors (Lipinski definition) is 3. The molecular weight excluding hydrogens is 262 g/mol. The molecule has 7 nitrogen and oxygen atoms in total. The molecule has 112 valence electrons. The zero-order valence-electron chi connectivity index (χ0n) is 11.9. The van der Waals surface area contributed by atoms with Gasteiger partial charge in [0, 0.05) is 25.3 Å². The average molecular weight is 283 g/mol. The number of rotatable bonds is 5. The number of esters is 1. The number of carbonyl (C=O) groups is 2. The van der Waals surface area contributed by atoms with Crippen molar-refractivity contribution in [3.8, 4) is 0 Å². The van der Waals surface area contributed by atoms with E-state index in [1.54, 1.807) is 6.92 Å². The van der Waals surface area contributed by atoms with Gasteiger partial charge in [0.15, 0.2) is 0 Å². The lowest BCUT2D eigenvalue weighted by molar-refractivity contribution is -0.138. The van der Waals surface area contributed by atoms with Crippen molar-refractivity contribution in [3.63, 3.8) is 0 Å². The van der Waals surface area contributed by atoms with Crippen molar-refractivity contribution in [1.29, 1.82) is 0 Å². The fourth-order valence-corrected chi connectivity index (χ4v) is 2.43. The molecule has 20 heavy (non-hydrogen) atoms. The molecule has 0 bridgehead atoms. The minimum absolute atomic E-state index is 0.173. The lowest BCUT2D eigenvalue weighted by Gasteiger charge is -2.46. The molecule has 3 N–H and O–H groups in total. The largest absolute Gasteiger partial charge is 0.463 e. The number of aliphatic hydroxyl groups is 1. The maximum atomic E-state index is 11.8. The van der Waals surface area contributed by atoms with Crippen LogP contribution in [0.5, 0.6) is 0 Å². The van der Waals surface area contributed by atoms with E-state index in [-0.39, 0.29) is 12.6 Å². The van der Waals surface area contributed by atoms with Crippen LogP contribution in [0.4, 0.5) is 4.79 Å². The Balaban J connectivity index is 2.04. The maximum Gasteiger partial charge on any atom is 0.337 e. The van der Waals surface area contributed by atoms with Gasteiger partial charge in [-0.05, 0) is 13.3 Å². The number of amides is 2. The van der Waals surface area contributed by atoms with Crippen LogP contribution in [0.15, 0.2) is 11.3 Å². The maximum absolute atomic E-state index is 11.8. The first-order chi connectivity index (χ1) is 9.47. The fourth-order valence-electron chi connectivity index (χ4n) is 2.43. The number of urea groups is 1. The van der Waals surface area contributed by atoms with Crippen LogP contribution in [0.25, 0.3) is 0 Å². The molecule has 0 unspecified atom stereocenters. The molecule has 0 saturated carbocycles. The zero-order valence-corrected chi connectivity index (χ0v) is 11.9. The Morgan fingerprint density at radius 2 is 2.15 bits per heavy atom. The molecule has 7 heteroatoms. The summed E-state index contributed by atoms with van der Waals surface area (Å²) >= 11 is 0. The summed E-state index contributed by atoms with van der Waals surface area (Å²) in [5.74, 6) is -0.415. The molecule has 0 aromatic carbocycles. The van der Waals surface area contributed by atoms with Gasteiger partial charge in [-0.2, -0.15) is 0 Å². The topological polar surface area (TPSA) is 90.9 Å². The highest BCUT2D eigenvalue weighted by molar-refractivity contribution is 5.93. The summed E-state index contributed by atoms with van der Waals surface area (Å²) < 4.78 is 4.99. The van der Waals surface area contributed by atoms with Gasteiger partial charge in [0.1, 0.15) is 0 Å². The number of carbonyl (C=O) groups excluding carboxylic acids is 2. The van der Waals surface area contributed by atoms with Crippen LogP contribution in [-0.2, 0) is 9.53 Å². The van der Waals surface area contributed by atoms with Crippen LogP contribution in [0.1, 0.15) is 20.3 Å². The number of β-amino-alcohol motifs (C(OH)–C–C–N with tert-alkyl or cyclic N) is 1. The third-order valence-electron chi connectivity index (χ3n) is 3.65. The predicted octanol–water partition coefficient (Wildman–Crippen LogP) is -0.427. The van der Waals surface area contributed by atoms with Crippen molar-refractivity contribution in [2.75, 3.05) is 32.8 Å². The predicted molar refractivity (Wildman–Crippen MR) is 71.9 cm³/mol. The lowest BCUT2D eigenvalue weighted by Crippen LogP contribution is -2.62. The monoisotopic (exact) mass is 283 g/mol. The molecule has 2 rings (SSSR count). The molecule has 0 aromatic heterocycles. The van der Waals surface area contributed by atoms with Crippen LogP contribution >= 0.6 is 0 Å². The number of ether oxygens (including phenoxy) is 1. The van der Waals surface area contributed by atoms with Crippen molar-refractivity contribution in [1.82, 2.24) is 15.5 Å². The van der Waals surface area contributed by atoms with E-state index in [9.17, 15) is 14.7 Å². The van der Waals surface area contributed by atoms with Crippen LogP contribution in [0.3, 0.4) is 0 Å². The van der Waals surface area contributed by atoms with E-state index >= 15 is 0 Å². The molecule has 1 saturated heterocycles. The Kier molecular flexibility index (Phi) is 4.29. The molecule has 0 atom stereocenters. The molecule has 2 heterocycles. The van der Waals surface area contributed by atoms with Gasteiger partial charge in [0.2, 0.25) is 0 Å². The third kappa shape index (κ3) is 3.10. The summed E-state index contributed by atoms with van der Waals surface area (Å²) in [6, 6.07) is -0.320. The number of likely N-dealkylation sites (tertiary alicyclic amines) is 1. The Morgan fingerprint density at radius 3 is 2.75 bits per heavy atom. The van der Waals surface area contributed by atoms with Crippen molar-refractivity contribution in [2.24, 2.45) is 0 Å². The van der Waals surface area contributed by atoms with Gasteiger partial charge in [0.25, 0.3) is 0 Å². The summed E-state index contributed by atoms with van der Waals surface area (Å²) in [5.41, 5.74) is 0.366. The molecule has 1 fully saturated rings. The Bertz CT molecular complexity index is 441. The number of nitrogens with one attached hydrogen (secondary N) is 2. The third-order valence-corrected chi connectivity index (χ3v) is 3.65. The van der Waals surface area contributed by atoms with Crippen LogP contribution < -0.4 is 10.6 Å². The van der Waals surface area contributed by atoms with E-state index in [1.807, 2.05) is 11.8 Å². The minimum Gasteiger partial charge on any atom is -0.463 e. The van der Waals surface area contributed by atoms with Gasteiger partial charge in [-0.1, -0.05) is 6.92 Å². The summed E-state index contributed by atoms with van der Waals surface area (Å²) in [5, 5.41) is 15.2. The second kappa shape index (κ2) is 5.80. The quantitative estimate of drug-likeness (QED) is 0.596. The molecule has 0 aliphatic carbocycles. The highest BCUT2D eigenvalue weighted by atomic mass is 16.5. The number of hydrogen-bond acceptors (Lipinski definition) is 5. The first-order valence-electron chi connectivity index (χ1n) is 6.86. The normalized spacial score (nSPS) is 21.9. The highest BCUT2D eigenvalue weighted by Gasteiger charge is 2.40. The van der Waals surface area contributed by atoms with Gasteiger partial charge < -0.3 is 20.5 Å². The molecular formula is C13H21N3O4. The Morgan fingerprint density at radius 1 is 1.45 bits per heavy atom. The summed E-state index contributed by atoms with van der Waals surface area (Å²) in [6.45, 7) is 5.67. The average Bonchev–Trinajstić information content (AvgIpc) is 2.37. The lowest BCUT2D eigenvalue weighted by atomic mass is 9.91. The molecule has 0 spiro atoms. The van der Waals surface area contributed by atoms with Gasteiger partial charge in [-0.25, -0.2) is 9.59 Å². The van der Waals surface area contributed by atoms with Crippen LogP contribution in [0, 0.1) is 0 Å². The summed E-state index contributed by atoms with van der Waals surface area (Å²) in [6.07, 6.45) is 0.696. The molecule has 2 aliphatic heterocycles. The minimum atomic E-state index is -0.637. The SMILES string of the molecule is CCOC(=O)C1=C(CN2CC(O)(CC)C2)NC(=O)NC1. The van der Waals surface area contributed by atoms with Gasteiger partial charge in [-0.15, -0.1) is 0 Å². The smallest absolute Gasteiger partial charge is 0.337 e. The van der Waals surface area contributed by atoms with E-state index in [0.29, 0.717) is 43.9 Å². The first kappa shape index (κ1) is 14.8. The molecule has 0 radical (unpaired) electrons. The second-order valence-electron chi connectivity index (χ2n) is 5.21. The summed E-state index contributed by atoms with van der Waals surface area (Å²) in [4.78, 5) is 25.2. The van der Waals surface area contributed by atoms with Gasteiger partial charge >= 0.3 is 12.0 Å². The Hall–Kier alpha value is -1.60. The van der Waals surface area contributed by atoms with E-state index in [2.05, 4.69) is 10.6 Å².